The van der Waals surface area contributed by atoms with Gasteiger partial charge >= 0.3 is 0 Å². The number of rotatable bonds is 5. The van der Waals surface area contributed by atoms with Crippen molar-refractivity contribution < 1.29 is 0 Å². The molecule has 1 aliphatic rings. The summed E-state index contributed by atoms with van der Waals surface area (Å²) in [6.45, 7) is 0. The van der Waals surface area contributed by atoms with Gasteiger partial charge in [0.1, 0.15) is 5.82 Å². The Morgan fingerprint density at radius 3 is 2.77 bits per heavy atom. The minimum atomic E-state index is 0.160. The van der Waals surface area contributed by atoms with E-state index in [2.05, 4.69) is 25.7 Å². The predicted molar refractivity (Wildman–Crippen MR) is 103 cm³/mol. The van der Waals surface area contributed by atoms with Gasteiger partial charge < -0.3 is 16.4 Å². The van der Waals surface area contributed by atoms with E-state index in [1.165, 1.54) is 12.8 Å². The van der Waals surface area contributed by atoms with Gasteiger partial charge in [-0.3, -0.25) is 0 Å². The summed E-state index contributed by atoms with van der Waals surface area (Å²) in [6.07, 6.45) is 9.96. The quantitative estimate of drug-likeness (QED) is 0.655. The predicted octanol–water partition coefficient (Wildman–Crippen LogP) is 3.09. The topological polar surface area (TPSA) is 93.7 Å². The van der Waals surface area contributed by atoms with E-state index in [1.807, 2.05) is 47.3 Å². The van der Waals surface area contributed by atoms with Crippen LogP contribution in [-0.4, -0.2) is 31.8 Å². The number of nitrogens with zero attached hydrogens (tertiary/aromatic N) is 4. The molecule has 4 N–H and O–H groups in total. The second-order valence-corrected chi connectivity index (χ2v) is 6.60. The summed E-state index contributed by atoms with van der Waals surface area (Å²) >= 11 is 0. The average Bonchev–Trinajstić information content (AvgIpc) is 3.13. The molecule has 0 radical (unpaired) electrons. The Balaban J connectivity index is 1.45. The number of benzene rings is 1. The molecular weight excluding hydrogens is 326 g/mol. The molecule has 0 amide bonds. The van der Waals surface area contributed by atoms with Crippen molar-refractivity contribution in [2.75, 3.05) is 10.6 Å². The standard InChI is InChI=1S/C19H23N7/c20-16-8-4-5-9-17(16)24-19-21-11-10-18(25-19)23-14-12-22-26(13-14)15-6-2-1-3-7-15/h1-3,6-7,10-13,16-17H,4-5,8-9,20H2,(H2,21,23,24,25)/t16-,17+/m0/s1. The fourth-order valence-corrected chi connectivity index (χ4v) is 3.26. The zero-order valence-electron chi connectivity index (χ0n) is 14.5. The van der Waals surface area contributed by atoms with E-state index in [1.54, 1.807) is 12.4 Å². The van der Waals surface area contributed by atoms with Gasteiger partial charge in [-0.05, 0) is 31.0 Å². The van der Waals surface area contributed by atoms with E-state index >= 15 is 0 Å². The van der Waals surface area contributed by atoms with Crippen LogP contribution in [0.2, 0.25) is 0 Å². The summed E-state index contributed by atoms with van der Waals surface area (Å²) in [7, 11) is 0. The second kappa shape index (κ2) is 7.53. The molecule has 26 heavy (non-hydrogen) atoms. The lowest BCUT2D eigenvalue weighted by Gasteiger charge is -2.29. The Morgan fingerprint density at radius 1 is 1.08 bits per heavy atom. The van der Waals surface area contributed by atoms with Crippen molar-refractivity contribution in [1.82, 2.24) is 19.7 Å². The molecule has 0 saturated heterocycles. The highest BCUT2D eigenvalue weighted by molar-refractivity contribution is 5.55. The van der Waals surface area contributed by atoms with E-state index in [0.29, 0.717) is 5.95 Å². The van der Waals surface area contributed by atoms with Crippen molar-refractivity contribution in [2.24, 2.45) is 5.73 Å². The smallest absolute Gasteiger partial charge is 0.224 e. The third kappa shape index (κ3) is 3.83. The summed E-state index contributed by atoms with van der Waals surface area (Å²) in [5.74, 6) is 1.33. The fraction of sp³-hybridized carbons (Fsp3) is 0.316. The van der Waals surface area contributed by atoms with E-state index in [-0.39, 0.29) is 12.1 Å². The number of nitrogens with two attached hydrogens (primary N) is 1. The lowest BCUT2D eigenvalue weighted by Crippen LogP contribution is -2.42. The number of aromatic nitrogens is 4. The molecule has 4 rings (SSSR count). The van der Waals surface area contributed by atoms with Gasteiger partial charge in [0.05, 0.1) is 23.8 Å². The van der Waals surface area contributed by atoms with Crippen LogP contribution in [0.3, 0.4) is 0 Å². The second-order valence-electron chi connectivity index (χ2n) is 6.60. The van der Waals surface area contributed by atoms with Crippen LogP contribution in [0.15, 0.2) is 55.0 Å². The van der Waals surface area contributed by atoms with Crippen LogP contribution in [0.1, 0.15) is 25.7 Å². The molecule has 1 aromatic carbocycles. The van der Waals surface area contributed by atoms with Gasteiger partial charge in [0.2, 0.25) is 5.95 Å². The number of anilines is 3. The average molecular weight is 349 g/mol. The molecule has 1 fully saturated rings. The highest BCUT2D eigenvalue weighted by Gasteiger charge is 2.22. The molecule has 0 bridgehead atoms. The zero-order chi connectivity index (χ0) is 17.8. The minimum Gasteiger partial charge on any atom is -0.350 e. The maximum Gasteiger partial charge on any atom is 0.224 e. The van der Waals surface area contributed by atoms with Crippen molar-refractivity contribution in [3.8, 4) is 5.69 Å². The lowest BCUT2D eigenvalue weighted by molar-refractivity contribution is 0.402. The number of hydrogen-bond acceptors (Lipinski definition) is 6. The summed E-state index contributed by atoms with van der Waals surface area (Å²) in [5.41, 5.74) is 8.08. The summed E-state index contributed by atoms with van der Waals surface area (Å²) in [4.78, 5) is 8.88. The normalized spacial score (nSPS) is 19.9. The molecule has 0 spiro atoms. The molecule has 3 aromatic rings. The summed E-state index contributed by atoms with van der Waals surface area (Å²) < 4.78 is 1.82. The fourth-order valence-electron chi connectivity index (χ4n) is 3.26. The van der Waals surface area contributed by atoms with Crippen LogP contribution in [-0.2, 0) is 0 Å². The monoisotopic (exact) mass is 349 g/mol. The van der Waals surface area contributed by atoms with Crippen LogP contribution < -0.4 is 16.4 Å². The van der Waals surface area contributed by atoms with E-state index < -0.39 is 0 Å². The number of hydrogen-bond donors (Lipinski definition) is 3. The van der Waals surface area contributed by atoms with Crippen molar-refractivity contribution in [3.05, 3.63) is 55.0 Å². The van der Waals surface area contributed by atoms with Crippen molar-refractivity contribution >= 4 is 17.5 Å². The largest absolute Gasteiger partial charge is 0.350 e. The molecule has 0 aliphatic heterocycles. The number of nitrogens with one attached hydrogen (secondary N) is 2. The van der Waals surface area contributed by atoms with E-state index in [9.17, 15) is 0 Å². The molecule has 1 saturated carbocycles. The number of para-hydroxylation sites is 1. The van der Waals surface area contributed by atoms with E-state index in [0.717, 1.165) is 30.0 Å². The maximum absolute atomic E-state index is 6.20. The van der Waals surface area contributed by atoms with Crippen LogP contribution in [0, 0.1) is 0 Å². The Kier molecular flexibility index (Phi) is 4.79. The summed E-state index contributed by atoms with van der Waals surface area (Å²) in [5, 5.41) is 11.0. The molecule has 2 aromatic heterocycles. The highest BCUT2D eigenvalue weighted by Crippen LogP contribution is 2.21. The molecule has 7 nitrogen and oxygen atoms in total. The Hall–Kier alpha value is -2.93. The Labute approximate surface area is 152 Å². The Bertz CT molecular complexity index is 846. The van der Waals surface area contributed by atoms with Crippen LogP contribution in [0.25, 0.3) is 5.69 Å². The zero-order valence-corrected chi connectivity index (χ0v) is 14.5. The van der Waals surface area contributed by atoms with Crippen molar-refractivity contribution in [3.63, 3.8) is 0 Å². The van der Waals surface area contributed by atoms with Gasteiger partial charge in [-0.1, -0.05) is 31.0 Å². The van der Waals surface area contributed by atoms with Crippen LogP contribution >= 0.6 is 0 Å². The third-order valence-corrected chi connectivity index (χ3v) is 4.67. The van der Waals surface area contributed by atoms with Crippen molar-refractivity contribution in [1.29, 1.82) is 0 Å². The molecular formula is C19H23N7. The lowest BCUT2D eigenvalue weighted by atomic mass is 9.91. The first-order valence-corrected chi connectivity index (χ1v) is 9.00. The van der Waals surface area contributed by atoms with Gasteiger partial charge in [0, 0.05) is 18.3 Å². The third-order valence-electron chi connectivity index (χ3n) is 4.67. The summed E-state index contributed by atoms with van der Waals surface area (Å²) in [6, 6.07) is 12.2. The van der Waals surface area contributed by atoms with Crippen LogP contribution in [0.4, 0.5) is 17.5 Å². The Morgan fingerprint density at radius 2 is 1.92 bits per heavy atom. The molecule has 134 valence electrons. The molecule has 7 heteroatoms. The van der Waals surface area contributed by atoms with Gasteiger partial charge in [0.25, 0.3) is 0 Å². The molecule has 0 unspecified atom stereocenters. The van der Waals surface area contributed by atoms with Crippen LogP contribution in [0.5, 0.6) is 0 Å². The van der Waals surface area contributed by atoms with Gasteiger partial charge in [-0.2, -0.15) is 10.1 Å². The molecule has 2 atom stereocenters. The van der Waals surface area contributed by atoms with E-state index in [4.69, 9.17) is 5.73 Å². The van der Waals surface area contributed by atoms with Crippen molar-refractivity contribution in [2.45, 2.75) is 37.8 Å². The first-order valence-electron chi connectivity index (χ1n) is 9.00. The minimum absolute atomic E-state index is 0.160. The molecule has 2 heterocycles. The van der Waals surface area contributed by atoms with Gasteiger partial charge in [0.15, 0.2) is 0 Å². The first-order chi connectivity index (χ1) is 12.8. The maximum atomic E-state index is 6.20. The molecule has 1 aliphatic carbocycles. The van der Waals surface area contributed by atoms with Gasteiger partial charge in [-0.15, -0.1) is 0 Å². The highest BCUT2D eigenvalue weighted by atomic mass is 15.3. The van der Waals surface area contributed by atoms with Gasteiger partial charge in [-0.25, -0.2) is 9.67 Å². The first kappa shape index (κ1) is 16.5. The SMILES string of the molecule is N[C@H]1CCCC[C@H]1Nc1nccc(Nc2cnn(-c3ccccc3)c2)n1.